The Morgan fingerprint density at radius 2 is 2.12 bits per heavy atom. The average molecular weight is 244 g/mol. The lowest BCUT2D eigenvalue weighted by Crippen LogP contribution is -2.40. The lowest BCUT2D eigenvalue weighted by molar-refractivity contribution is -0.119. The van der Waals surface area contributed by atoms with Gasteiger partial charge in [-0.2, -0.15) is 0 Å². The van der Waals surface area contributed by atoms with Crippen LogP contribution in [0.4, 0.5) is 0 Å². The molecule has 0 radical (unpaired) electrons. The van der Waals surface area contributed by atoms with Crippen molar-refractivity contribution < 1.29 is 9.47 Å². The molecular formula is C11H20N2O2S. The SMILES string of the molecule is COC(OC)C(C)NCCc1nc(C)cs1. The highest BCUT2D eigenvalue weighted by Gasteiger charge is 2.14. The van der Waals surface area contributed by atoms with E-state index in [-0.39, 0.29) is 12.3 Å². The average Bonchev–Trinajstić information content (AvgIpc) is 2.66. The Morgan fingerprint density at radius 3 is 2.62 bits per heavy atom. The van der Waals surface area contributed by atoms with Crippen molar-refractivity contribution >= 4 is 11.3 Å². The first-order chi connectivity index (χ1) is 7.67. The Bertz CT molecular complexity index is 300. The molecule has 0 saturated heterocycles. The molecule has 0 amide bonds. The van der Waals surface area contributed by atoms with Gasteiger partial charge in [0.2, 0.25) is 0 Å². The van der Waals surface area contributed by atoms with Gasteiger partial charge in [-0.3, -0.25) is 0 Å². The summed E-state index contributed by atoms with van der Waals surface area (Å²) < 4.78 is 10.3. The van der Waals surface area contributed by atoms with Crippen LogP contribution in [0.1, 0.15) is 17.6 Å². The summed E-state index contributed by atoms with van der Waals surface area (Å²) in [4.78, 5) is 4.41. The molecular weight excluding hydrogens is 224 g/mol. The van der Waals surface area contributed by atoms with Crippen molar-refractivity contribution in [3.05, 3.63) is 16.1 Å². The number of ether oxygens (including phenoxy) is 2. The summed E-state index contributed by atoms with van der Waals surface area (Å²) in [5.41, 5.74) is 1.10. The van der Waals surface area contributed by atoms with Gasteiger partial charge in [0.05, 0.1) is 11.0 Å². The molecule has 1 rings (SSSR count). The molecule has 16 heavy (non-hydrogen) atoms. The van der Waals surface area contributed by atoms with Crippen LogP contribution in [-0.2, 0) is 15.9 Å². The molecule has 92 valence electrons. The number of hydrogen-bond donors (Lipinski definition) is 1. The summed E-state index contributed by atoms with van der Waals surface area (Å²) in [5, 5.41) is 6.60. The van der Waals surface area contributed by atoms with Gasteiger partial charge in [-0.15, -0.1) is 11.3 Å². The minimum atomic E-state index is -0.196. The lowest BCUT2D eigenvalue weighted by Gasteiger charge is -2.21. The molecule has 0 saturated carbocycles. The molecule has 1 aromatic heterocycles. The molecule has 0 spiro atoms. The highest BCUT2D eigenvalue weighted by Crippen LogP contribution is 2.08. The van der Waals surface area contributed by atoms with Gasteiger partial charge in [-0.05, 0) is 13.8 Å². The molecule has 4 nitrogen and oxygen atoms in total. The van der Waals surface area contributed by atoms with Crippen molar-refractivity contribution in [2.24, 2.45) is 0 Å². The molecule has 1 heterocycles. The summed E-state index contributed by atoms with van der Waals surface area (Å²) in [5.74, 6) is 0. The molecule has 1 atom stereocenters. The molecule has 0 aliphatic carbocycles. The van der Waals surface area contributed by atoms with Gasteiger partial charge in [-0.1, -0.05) is 0 Å². The summed E-state index contributed by atoms with van der Waals surface area (Å²) >= 11 is 1.71. The second kappa shape index (κ2) is 6.96. The van der Waals surface area contributed by atoms with Gasteiger partial charge in [0.25, 0.3) is 0 Å². The third-order valence-electron chi connectivity index (χ3n) is 2.34. The van der Waals surface area contributed by atoms with Crippen LogP contribution in [0, 0.1) is 6.92 Å². The second-order valence-corrected chi connectivity index (χ2v) is 4.66. The van der Waals surface area contributed by atoms with Crippen LogP contribution in [0.3, 0.4) is 0 Å². The van der Waals surface area contributed by atoms with E-state index in [9.17, 15) is 0 Å². The molecule has 1 unspecified atom stereocenters. The fourth-order valence-corrected chi connectivity index (χ4v) is 2.30. The number of aryl methyl sites for hydroxylation is 1. The molecule has 0 bridgehead atoms. The first-order valence-corrected chi connectivity index (χ1v) is 6.25. The predicted molar refractivity (Wildman–Crippen MR) is 65.8 cm³/mol. The quantitative estimate of drug-likeness (QED) is 0.740. The van der Waals surface area contributed by atoms with Crippen LogP contribution in [0.25, 0.3) is 0 Å². The van der Waals surface area contributed by atoms with Gasteiger partial charge >= 0.3 is 0 Å². The minimum absolute atomic E-state index is 0.177. The Hall–Kier alpha value is -0.490. The number of hydrogen-bond acceptors (Lipinski definition) is 5. The summed E-state index contributed by atoms with van der Waals surface area (Å²) in [6, 6.07) is 0.177. The zero-order chi connectivity index (χ0) is 12.0. The normalized spacial score (nSPS) is 13.3. The second-order valence-electron chi connectivity index (χ2n) is 3.72. The highest BCUT2D eigenvalue weighted by molar-refractivity contribution is 7.09. The van der Waals surface area contributed by atoms with Gasteiger partial charge in [0.15, 0.2) is 6.29 Å². The monoisotopic (exact) mass is 244 g/mol. The molecule has 0 aliphatic heterocycles. The van der Waals surface area contributed by atoms with E-state index < -0.39 is 0 Å². The first kappa shape index (κ1) is 13.6. The molecule has 1 aromatic rings. The van der Waals surface area contributed by atoms with E-state index in [2.05, 4.69) is 15.7 Å². The zero-order valence-electron chi connectivity index (χ0n) is 10.3. The fraction of sp³-hybridized carbons (Fsp3) is 0.727. The number of methoxy groups -OCH3 is 2. The Kier molecular flexibility index (Phi) is 5.90. The smallest absolute Gasteiger partial charge is 0.171 e. The van der Waals surface area contributed by atoms with Crippen LogP contribution in [0.2, 0.25) is 0 Å². The summed E-state index contributed by atoms with van der Waals surface area (Å²) in [6.45, 7) is 4.95. The zero-order valence-corrected chi connectivity index (χ0v) is 11.1. The van der Waals surface area contributed by atoms with Crippen molar-refractivity contribution in [2.45, 2.75) is 32.6 Å². The van der Waals surface area contributed by atoms with Crippen molar-refractivity contribution in [1.29, 1.82) is 0 Å². The van der Waals surface area contributed by atoms with Crippen LogP contribution < -0.4 is 5.32 Å². The van der Waals surface area contributed by atoms with Crippen LogP contribution in [0.5, 0.6) is 0 Å². The maximum atomic E-state index is 5.17. The number of nitrogens with one attached hydrogen (secondary N) is 1. The van der Waals surface area contributed by atoms with Gasteiger partial charge < -0.3 is 14.8 Å². The predicted octanol–water partition coefficient (Wildman–Crippen LogP) is 1.59. The van der Waals surface area contributed by atoms with E-state index in [1.807, 2.05) is 13.8 Å². The number of thiazole rings is 1. The van der Waals surface area contributed by atoms with Crippen molar-refractivity contribution in [3.63, 3.8) is 0 Å². The van der Waals surface area contributed by atoms with Gasteiger partial charge in [-0.25, -0.2) is 4.98 Å². The first-order valence-electron chi connectivity index (χ1n) is 5.37. The standard InChI is InChI=1S/C11H20N2O2S/c1-8-7-16-10(13-8)5-6-12-9(2)11(14-3)15-4/h7,9,11-12H,5-6H2,1-4H3. The van der Waals surface area contributed by atoms with Crippen LogP contribution in [-0.4, -0.2) is 38.1 Å². The van der Waals surface area contributed by atoms with Crippen molar-refractivity contribution in [1.82, 2.24) is 10.3 Å². The third-order valence-corrected chi connectivity index (χ3v) is 3.37. The molecule has 5 heteroatoms. The van der Waals surface area contributed by atoms with E-state index >= 15 is 0 Å². The van der Waals surface area contributed by atoms with Crippen LogP contribution in [0.15, 0.2) is 5.38 Å². The van der Waals surface area contributed by atoms with Crippen LogP contribution >= 0.6 is 11.3 Å². The number of aromatic nitrogens is 1. The highest BCUT2D eigenvalue weighted by atomic mass is 32.1. The van der Waals surface area contributed by atoms with E-state index in [0.717, 1.165) is 18.7 Å². The number of rotatable bonds is 7. The van der Waals surface area contributed by atoms with Gasteiger partial charge in [0.1, 0.15) is 0 Å². The van der Waals surface area contributed by atoms with Gasteiger partial charge in [0, 0.05) is 38.3 Å². The topological polar surface area (TPSA) is 43.4 Å². The van der Waals surface area contributed by atoms with E-state index in [0.29, 0.717) is 0 Å². The molecule has 0 fully saturated rings. The Balaban J connectivity index is 2.24. The van der Waals surface area contributed by atoms with Crippen molar-refractivity contribution in [2.75, 3.05) is 20.8 Å². The third kappa shape index (κ3) is 4.17. The maximum absolute atomic E-state index is 5.17. The Labute approximate surface area is 101 Å². The summed E-state index contributed by atoms with van der Waals surface area (Å²) in [7, 11) is 3.30. The minimum Gasteiger partial charge on any atom is -0.354 e. The Morgan fingerprint density at radius 1 is 1.44 bits per heavy atom. The largest absolute Gasteiger partial charge is 0.354 e. The maximum Gasteiger partial charge on any atom is 0.171 e. The van der Waals surface area contributed by atoms with Crippen molar-refractivity contribution in [3.8, 4) is 0 Å². The summed E-state index contributed by atoms with van der Waals surface area (Å²) in [6.07, 6.45) is 0.751. The molecule has 0 aliphatic rings. The van der Waals surface area contributed by atoms with E-state index in [4.69, 9.17) is 9.47 Å². The number of nitrogens with zero attached hydrogens (tertiary/aromatic N) is 1. The lowest BCUT2D eigenvalue weighted by atomic mass is 10.3. The molecule has 0 aromatic carbocycles. The van der Waals surface area contributed by atoms with E-state index in [1.54, 1.807) is 25.6 Å². The van der Waals surface area contributed by atoms with E-state index in [1.165, 1.54) is 5.01 Å². The fourth-order valence-electron chi connectivity index (χ4n) is 1.52. The molecule has 1 N–H and O–H groups in total.